The van der Waals surface area contributed by atoms with E-state index in [1.165, 1.54) is 6.26 Å². The van der Waals surface area contributed by atoms with E-state index in [-0.39, 0.29) is 23.6 Å². The quantitative estimate of drug-likeness (QED) is 0.812. The number of carbonyl (C=O) groups is 2. The summed E-state index contributed by atoms with van der Waals surface area (Å²) in [6, 6.07) is 2.69. The zero-order valence-electron chi connectivity index (χ0n) is 10.3. The van der Waals surface area contributed by atoms with Crippen LogP contribution in [0.15, 0.2) is 22.8 Å². The molecule has 0 fully saturated rings. The van der Waals surface area contributed by atoms with Crippen LogP contribution >= 0.6 is 0 Å². The highest BCUT2D eigenvalue weighted by molar-refractivity contribution is 5.95. The van der Waals surface area contributed by atoms with Crippen LogP contribution in [0.3, 0.4) is 0 Å². The molecule has 1 heterocycles. The lowest BCUT2D eigenvalue weighted by Crippen LogP contribution is -2.47. The van der Waals surface area contributed by atoms with E-state index in [0.29, 0.717) is 0 Å². The molecular formula is C12H18N2O3. The van der Waals surface area contributed by atoms with Crippen LogP contribution in [0.25, 0.3) is 0 Å². The van der Waals surface area contributed by atoms with E-state index in [9.17, 15) is 9.59 Å². The topological polar surface area (TPSA) is 71.3 Å². The number of rotatable bonds is 5. The average molecular weight is 238 g/mol. The second-order valence-corrected chi connectivity index (χ2v) is 3.99. The second-order valence-electron chi connectivity index (χ2n) is 3.99. The highest BCUT2D eigenvalue weighted by Gasteiger charge is 2.18. The Hall–Kier alpha value is -1.78. The minimum Gasteiger partial charge on any atom is -0.459 e. The van der Waals surface area contributed by atoms with E-state index >= 15 is 0 Å². The van der Waals surface area contributed by atoms with Gasteiger partial charge in [0.25, 0.3) is 5.91 Å². The first kappa shape index (κ1) is 13.3. The van der Waals surface area contributed by atoms with Crippen LogP contribution in [-0.2, 0) is 4.79 Å². The lowest BCUT2D eigenvalue weighted by molar-refractivity contribution is -0.123. The van der Waals surface area contributed by atoms with Crippen molar-refractivity contribution in [2.75, 3.05) is 0 Å². The summed E-state index contributed by atoms with van der Waals surface area (Å²) in [5.41, 5.74) is 0. The highest BCUT2D eigenvalue weighted by Crippen LogP contribution is 2.00. The number of hydrogen-bond acceptors (Lipinski definition) is 3. The fourth-order valence-electron chi connectivity index (χ4n) is 1.21. The first-order valence-corrected chi connectivity index (χ1v) is 5.69. The van der Waals surface area contributed by atoms with Crippen molar-refractivity contribution in [3.05, 3.63) is 24.2 Å². The van der Waals surface area contributed by atoms with Crippen LogP contribution in [0.5, 0.6) is 0 Å². The number of furan rings is 1. The van der Waals surface area contributed by atoms with Gasteiger partial charge in [0.1, 0.15) is 6.04 Å². The number of hydrogen-bond donors (Lipinski definition) is 2. The second kappa shape index (κ2) is 6.08. The molecule has 0 spiro atoms. The van der Waals surface area contributed by atoms with Crippen molar-refractivity contribution < 1.29 is 14.0 Å². The van der Waals surface area contributed by atoms with E-state index in [4.69, 9.17) is 4.42 Å². The van der Waals surface area contributed by atoms with E-state index in [1.807, 2.05) is 13.8 Å². The fraction of sp³-hybridized carbons (Fsp3) is 0.500. The third-order valence-corrected chi connectivity index (χ3v) is 2.49. The molecule has 1 aromatic rings. The molecule has 5 heteroatoms. The molecule has 0 saturated carbocycles. The molecular weight excluding hydrogens is 220 g/mol. The molecule has 17 heavy (non-hydrogen) atoms. The maximum absolute atomic E-state index is 11.7. The van der Waals surface area contributed by atoms with Crippen molar-refractivity contribution in [3.63, 3.8) is 0 Å². The van der Waals surface area contributed by atoms with Crippen LogP contribution in [-0.4, -0.2) is 23.9 Å². The van der Waals surface area contributed by atoms with E-state index in [2.05, 4.69) is 10.6 Å². The van der Waals surface area contributed by atoms with Gasteiger partial charge in [-0.2, -0.15) is 0 Å². The van der Waals surface area contributed by atoms with Gasteiger partial charge in [-0.05, 0) is 32.4 Å². The van der Waals surface area contributed by atoms with Crippen molar-refractivity contribution in [3.8, 4) is 0 Å². The summed E-state index contributed by atoms with van der Waals surface area (Å²) in [6.45, 7) is 5.54. The minimum atomic E-state index is -0.582. The average Bonchev–Trinajstić information content (AvgIpc) is 2.82. The molecule has 0 bridgehead atoms. The molecule has 0 aliphatic carbocycles. The van der Waals surface area contributed by atoms with Gasteiger partial charge in [0, 0.05) is 6.04 Å². The number of nitrogens with one attached hydrogen (secondary N) is 2. The first-order chi connectivity index (χ1) is 8.04. The third kappa shape index (κ3) is 3.94. The molecule has 1 aromatic heterocycles. The monoisotopic (exact) mass is 238 g/mol. The highest BCUT2D eigenvalue weighted by atomic mass is 16.3. The van der Waals surface area contributed by atoms with Gasteiger partial charge < -0.3 is 15.1 Å². The summed E-state index contributed by atoms with van der Waals surface area (Å²) in [5, 5.41) is 5.36. The van der Waals surface area contributed by atoms with Crippen LogP contribution in [0.4, 0.5) is 0 Å². The summed E-state index contributed by atoms with van der Waals surface area (Å²) in [7, 11) is 0. The molecule has 2 atom stereocenters. The molecule has 0 saturated heterocycles. The molecule has 0 aliphatic rings. The van der Waals surface area contributed by atoms with Gasteiger partial charge in [0.05, 0.1) is 6.26 Å². The zero-order valence-corrected chi connectivity index (χ0v) is 10.3. The van der Waals surface area contributed by atoms with Crippen LogP contribution < -0.4 is 10.6 Å². The summed E-state index contributed by atoms with van der Waals surface area (Å²) in [6.07, 6.45) is 2.27. The van der Waals surface area contributed by atoms with E-state index in [0.717, 1.165) is 6.42 Å². The molecule has 1 rings (SSSR count). The minimum absolute atomic E-state index is 0.102. The predicted molar refractivity (Wildman–Crippen MR) is 63.5 cm³/mol. The maximum Gasteiger partial charge on any atom is 0.287 e. The maximum atomic E-state index is 11.7. The standard InChI is InChI=1S/C12H18N2O3/c1-4-8(2)13-11(15)9(3)14-12(16)10-6-5-7-17-10/h5-9H,4H2,1-3H3,(H,13,15)(H,14,16)/t8-,9-/m0/s1. The first-order valence-electron chi connectivity index (χ1n) is 5.69. The van der Waals surface area contributed by atoms with Gasteiger partial charge in [-0.1, -0.05) is 6.92 Å². The SMILES string of the molecule is CC[C@H](C)NC(=O)[C@H](C)NC(=O)c1ccco1. The Bertz CT molecular complexity index is 373. The summed E-state index contributed by atoms with van der Waals surface area (Å²) in [5.74, 6) is -0.380. The van der Waals surface area contributed by atoms with E-state index in [1.54, 1.807) is 19.1 Å². The van der Waals surface area contributed by atoms with Crippen molar-refractivity contribution in [2.24, 2.45) is 0 Å². The molecule has 0 unspecified atom stereocenters. The number of carbonyl (C=O) groups excluding carboxylic acids is 2. The predicted octanol–water partition coefficient (Wildman–Crippen LogP) is 1.31. The Balaban J connectivity index is 2.46. The Morgan fingerprint density at radius 1 is 1.35 bits per heavy atom. The molecule has 0 radical (unpaired) electrons. The van der Waals surface area contributed by atoms with Crippen molar-refractivity contribution >= 4 is 11.8 Å². The Kier molecular flexibility index (Phi) is 4.75. The fourth-order valence-corrected chi connectivity index (χ4v) is 1.21. The van der Waals surface area contributed by atoms with E-state index < -0.39 is 6.04 Å². The van der Waals surface area contributed by atoms with Gasteiger partial charge in [-0.25, -0.2) is 0 Å². The van der Waals surface area contributed by atoms with Crippen LogP contribution in [0, 0.1) is 0 Å². The third-order valence-electron chi connectivity index (χ3n) is 2.49. The van der Waals surface area contributed by atoms with Gasteiger partial charge in [0.2, 0.25) is 5.91 Å². The van der Waals surface area contributed by atoms with Gasteiger partial charge >= 0.3 is 0 Å². The largest absolute Gasteiger partial charge is 0.459 e. The van der Waals surface area contributed by atoms with Crippen molar-refractivity contribution in [1.29, 1.82) is 0 Å². The van der Waals surface area contributed by atoms with Gasteiger partial charge in [-0.15, -0.1) is 0 Å². The normalized spacial score (nSPS) is 13.8. The lowest BCUT2D eigenvalue weighted by atomic mass is 10.2. The Morgan fingerprint density at radius 2 is 2.06 bits per heavy atom. The van der Waals surface area contributed by atoms with Crippen LogP contribution in [0.2, 0.25) is 0 Å². The van der Waals surface area contributed by atoms with Gasteiger partial charge in [-0.3, -0.25) is 9.59 Å². The number of amides is 2. The Labute approximate surface area is 101 Å². The van der Waals surface area contributed by atoms with Crippen LogP contribution in [0.1, 0.15) is 37.7 Å². The zero-order chi connectivity index (χ0) is 12.8. The summed E-state index contributed by atoms with van der Waals surface area (Å²) in [4.78, 5) is 23.3. The van der Waals surface area contributed by atoms with Gasteiger partial charge in [0.15, 0.2) is 5.76 Å². The Morgan fingerprint density at radius 3 is 2.59 bits per heavy atom. The smallest absolute Gasteiger partial charge is 0.287 e. The summed E-state index contributed by atoms with van der Waals surface area (Å²) < 4.78 is 4.93. The molecule has 94 valence electrons. The van der Waals surface area contributed by atoms with Crippen molar-refractivity contribution in [1.82, 2.24) is 10.6 Å². The molecule has 0 aromatic carbocycles. The lowest BCUT2D eigenvalue weighted by Gasteiger charge is -2.16. The van der Waals surface area contributed by atoms with Crippen molar-refractivity contribution in [2.45, 2.75) is 39.3 Å². The molecule has 5 nitrogen and oxygen atoms in total. The summed E-state index contributed by atoms with van der Waals surface area (Å²) >= 11 is 0. The molecule has 0 aliphatic heterocycles. The molecule has 2 N–H and O–H groups in total. The molecule has 2 amide bonds.